The molecule has 0 radical (unpaired) electrons. The van der Waals surface area contributed by atoms with E-state index in [-0.39, 0.29) is 23.3 Å². The first-order valence-electron chi connectivity index (χ1n) is 6.52. The van der Waals surface area contributed by atoms with Crippen molar-refractivity contribution in [1.29, 1.82) is 0 Å². The normalized spacial score (nSPS) is 12.7. The molecule has 1 aromatic carbocycles. The number of furan rings is 1. The van der Waals surface area contributed by atoms with Gasteiger partial charge in [-0.15, -0.1) is 13.2 Å². The van der Waals surface area contributed by atoms with Crippen LogP contribution in [0.4, 0.5) is 13.2 Å². The van der Waals surface area contributed by atoms with Crippen LogP contribution in [0.2, 0.25) is 0 Å². The number of hydrogen-bond acceptors (Lipinski definition) is 3. The van der Waals surface area contributed by atoms with Crippen molar-refractivity contribution in [3.63, 3.8) is 0 Å². The maximum atomic E-state index is 12.0. The Morgan fingerprint density at radius 3 is 2.50 bits per heavy atom. The standard InChI is InChI=1S/C15H14F3NO3/c1-10(9-13-3-2-8-21-13)19-14(20)11-4-6-12(7-5-11)22-15(16,17)18/h2-8,10H,9H2,1H3,(H,19,20)/t10-/m0/s1. The van der Waals surface area contributed by atoms with Gasteiger partial charge in [-0.3, -0.25) is 4.79 Å². The number of carbonyl (C=O) groups is 1. The third kappa shape index (κ3) is 4.83. The molecule has 1 heterocycles. The number of amides is 1. The van der Waals surface area contributed by atoms with Crippen molar-refractivity contribution in [3.05, 3.63) is 54.0 Å². The van der Waals surface area contributed by atoms with Crippen LogP contribution < -0.4 is 10.1 Å². The highest BCUT2D eigenvalue weighted by Crippen LogP contribution is 2.22. The number of rotatable bonds is 5. The highest BCUT2D eigenvalue weighted by molar-refractivity contribution is 5.94. The summed E-state index contributed by atoms with van der Waals surface area (Å²) in [7, 11) is 0. The zero-order valence-corrected chi connectivity index (χ0v) is 11.7. The Morgan fingerprint density at radius 2 is 1.95 bits per heavy atom. The highest BCUT2D eigenvalue weighted by Gasteiger charge is 2.31. The van der Waals surface area contributed by atoms with Crippen molar-refractivity contribution in [2.24, 2.45) is 0 Å². The van der Waals surface area contributed by atoms with Gasteiger partial charge in [-0.25, -0.2) is 0 Å². The van der Waals surface area contributed by atoms with Crippen molar-refractivity contribution < 1.29 is 27.1 Å². The lowest BCUT2D eigenvalue weighted by atomic mass is 10.1. The molecule has 1 atom stereocenters. The number of halogens is 3. The van der Waals surface area contributed by atoms with E-state index in [1.165, 1.54) is 12.1 Å². The average molecular weight is 313 g/mol. The molecular weight excluding hydrogens is 299 g/mol. The molecule has 0 aliphatic carbocycles. The summed E-state index contributed by atoms with van der Waals surface area (Å²) in [6.45, 7) is 1.81. The van der Waals surface area contributed by atoms with Gasteiger partial charge in [0, 0.05) is 18.0 Å². The van der Waals surface area contributed by atoms with Gasteiger partial charge in [0.25, 0.3) is 5.91 Å². The van der Waals surface area contributed by atoms with Crippen LogP contribution in [0.5, 0.6) is 5.75 Å². The Hall–Kier alpha value is -2.44. The molecule has 0 spiro atoms. The molecule has 1 N–H and O–H groups in total. The molecule has 2 aromatic rings. The van der Waals surface area contributed by atoms with Crippen molar-refractivity contribution >= 4 is 5.91 Å². The number of nitrogens with one attached hydrogen (secondary N) is 1. The van der Waals surface area contributed by atoms with Crippen LogP contribution in [0.1, 0.15) is 23.0 Å². The topological polar surface area (TPSA) is 51.5 Å². The number of benzene rings is 1. The molecule has 1 aromatic heterocycles. The lowest BCUT2D eigenvalue weighted by molar-refractivity contribution is -0.274. The molecule has 0 saturated carbocycles. The summed E-state index contributed by atoms with van der Waals surface area (Å²) >= 11 is 0. The minimum absolute atomic E-state index is 0.176. The van der Waals surface area contributed by atoms with Gasteiger partial charge in [-0.1, -0.05) is 0 Å². The molecule has 0 fully saturated rings. The number of ether oxygens (including phenoxy) is 1. The second-order valence-corrected chi connectivity index (χ2v) is 4.73. The highest BCUT2D eigenvalue weighted by atomic mass is 19.4. The molecule has 0 aliphatic rings. The van der Waals surface area contributed by atoms with Gasteiger partial charge in [0.15, 0.2) is 0 Å². The molecular formula is C15H14F3NO3. The van der Waals surface area contributed by atoms with Gasteiger partial charge in [-0.2, -0.15) is 0 Å². The fourth-order valence-electron chi connectivity index (χ4n) is 1.90. The smallest absolute Gasteiger partial charge is 0.469 e. The zero-order valence-electron chi connectivity index (χ0n) is 11.7. The largest absolute Gasteiger partial charge is 0.573 e. The van der Waals surface area contributed by atoms with E-state index in [0.29, 0.717) is 6.42 Å². The first-order valence-corrected chi connectivity index (χ1v) is 6.52. The van der Waals surface area contributed by atoms with Gasteiger partial charge in [0.05, 0.1) is 6.26 Å². The summed E-state index contributed by atoms with van der Waals surface area (Å²) < 4.78 is 45.1. The van der Waals surface area contributed by atoms with E-state index in [1.54, 1.807) is 18.4 Å². The van der Waals surface area contributed by atoms with Crippen LogP contribution >= 0.6 is 0 Å². The first-order chi connectivity index (χ1) is 10.3. The molecule has 118 valence electrons. The second kappa shape index (κ2) is 6.55. The maximum Gasteiger partial charge on any atom is 0.573 e. The fourth-order valence-corrected chi connectivity index (χ4v) is 1.90. The van der Waals surface area contributed by atoms with E-state index in [1.807, 2.05) is 6.92 Å². The summed E-state index contributed by atoms with van der Waals surface area (Å²) in [6.07, 6.45) is -2.68. The van der Waals surface area contributed by atoms with Crippen molar-refractivity contribution in [1.82, 2.24) is 5.32 Å². The van der Waals surface area contributed by atoms with Gasteiger partial charge >= 0.3 is 6.36 Å². The molecule has 22 heavy (non-hydrogen) atoms. The quantitative estimate of drug-likeness (QED) is 0.918. The molecule has 0 unspecified atom stereocenters. The minimum atomic E-state index is -4.75. The molecule has 4 nitrogen and oxygen atoms in total. The summed E-state index contributed by atoms with van der Waals surface area (Å²) in [4.78, 5) is 12.0. The van der Waals surface area contributed by atoms with E-state index in [2.05, 4.69) is 10.1 Å². The Bertz CT molecular complexity index is 606. The lowest BCUT2D eigenvalue weighted by Gasteiger charge is -2.13. The molecule has 1 amide bonds. The Labute approximate surface area is 124 Å². The van der Waals surface area contributed by atoms with E-state index in [0.717, 1.165) is 17.9 Å². The molecule has 0 aliphatic heterocycles. The minimum Gasteiger partial charge on any atom is -0.469 e. The van der Waals surface area contributed by atoms with Crippen LogP contribution in [0.3, 0.4) is 0 Å². The van der Waals surface area contributed by atoms with Crippen molar-refractivity contribution in [2.75, 3.05) is 0 Å². The SMILES string of the molecule is C[C@@H](Cc1ccco1)NC(=O)c1ccc(OC(F)(F)F)cc1. The third-order valence-corrected chi connectivity index (χ3v) is 2.82. The Balaban J connectivity index is 1.92. The number of carbonyl (C=O) groups excluding carboxylic acids is 1. The Morgan fingerprint density at radius 1 is 1.27 bits per heavy atom. The average Bonchev–Trinajstić information content (AvgIpc) is 2.90. The summed E-state index contributed by atoms with van der Waals surface area (Å²) in [5.74, 6) is -0.00739. The lowest BCUT2D eigenvalue weighted by Crippen LogP contribution is -2.33. The van der Waals surface area contributed by atoms with Crippen LogP contribution in [0, 0.1) is 0 Å². The summed E-state index contributed by atoms with van der Waals surface area (Å²) in [5, 5.41) is 2.74. The van der Waals surface area contributed by atoms with Gasteiger partial charge in [0.2, 0.25) is 0 Å². The summed E-state index contributed by atoms with van der Waals surface area (Å²) in [5.41, 5.74) is 0.251. The fraction of sp³-hybridized carbons (Fsp3) is 0.267. The van der Waals surface area contributed by atoms with E-state index >= 15 is 0 Å². The second-order valence-electron chi connectivity index (χ2n) is 4.73. The van der Waals surface area contributed by atoms with Crippen LogP contribution in [-0.2, 0) is 6.42 Å². The predicted molar refractivity (Wildman–Crippen MR) is 72.5 cm³/mol. The number of alkyl halides is 3. The molecule has 0 saturated heterocycles. The van der Waals surface area contributed by atoms with Crippen LogP contribution in [0.25, 0.3) is 0 Å². The van der Waals surface area contributed by atoms with E-state index < -0.39 is 6.36 Å². The van der Waals surface area contributed by atoms with Crippen molar-refractivity contribution in [3.8, 4) is 5.75 Å². The van der Waals surface area contributed by atoms with Crippen molar-refractivity contribution in [2.45, 2.75) is 25.7 Å². The zero-order chi connectivity index (χ0) is 16.2. The molecule has 7 heteroatoms. The van der Waals surface area contributed by atoms with Gasteiger partial charge < -0.3 is 14.5 Å². The van der Waals surface area contributed by atoms with Crippen LogP contribution in [-0.4, -0.2) is 18.3 Å². The van der Waals surface area contributed by atoms with Gasteiger partial charge in [0.1, 0.15) is 11.5 Å². The molecule has 2 rings (SSSR count). The first kappa shape index (κ1) is 15.9. The summed E-state index contributed by atoms with van der Waals surface area (Å²) in [6, 6.07) is 8.12. The third-order valence-electron chi connectivity index (χ3n) is 2.82. The predicted octanol–water partition coefficient (Wildman–Crippen LogP) is 3.54. The Kier molecular flexibility index (Phi) is 4.75. The number of hydrogen-bond donors (Lipinski definition) is 1. The maximum absolute atomic E-state index is 12.0. The molecule has 0 bridgehead atoms. The van der Waals surface area contributed by atoms with Gasteiger partial charge in [-0.05, 0) is 43.3 Å². The van der Waals surface area contributed by atoms with E-state index in [9.17, 15) is 18.0 Å². The van der Waals surface area contributed by atoms with Crippen LogP contribution in [0.15, 0.2) is 47.1 Å². The van der Waals surface area contributed by atoms with E-state index in [4.69, 9.17) is 4.42 Å². The monoisotopic (exact) mass is 313 g/mol.